The Morgan fingerprint density at radius 3 is 2.54 bits per heavy atom. The van der Waals surface area contributed by atoms with Crippen molar-refractivity contribution in [3.63, 3.8) is 0 Å². The zero-order valence-corrected chi connectivity index (χ0v) is 32.8. The number of hydrogen-bond donors (Lipinski definition) is 0. The minimum Gasteiger partial charge on any atom is -0.444 e. The quantitative estimate of drug-likeness (QED) is 0.187. The summed E-state index contributed by atoms with van der Waals surface area (Å²) in [6, 6.07) is 11.3. The van der Waals surface area contributed by atoms with Gasteiger partial charge in [-0.25, -0.2) is 14.2 Å². The predicted octanol–water partition coefficient (Wildman–Crippen LogP) is 10.4. The topological polar surface area (TPSA) is 91.5 Å². The van der Waals surface area contributed by atoms with Crippen LogP contribution in [-0.4, -0.2) is 55.6 Å². The summed E-state index contributed by atoms with van der Waals surface area (Å²) in [6.07, 6.45) is 4.61. The van der Waals surface area contributed by atoms with Gasteiger partial charge >= 0.3 is 6.09 Å². The number of likely N-dealkylation sites (tertiary alicyclic amines) is 1. The van der Waals surface area contributed by atoms with Gasteiger partial charge in [0.15, 0.2) is 5.82 Å². The van der Waals surface area contributed by atoms with E-state index in [2.05, 4.69) is 35.1 Å². The summed E-state index contributed by atoms with van der Waals surface area (Å²) in [5.41, 5.74) is 3.59. The molecule has 0 unspecified atom stereocenters. The highest BCUT2D eigenvalue weighted by Gasteiger charge is 2.61. The fraction of sp³-hybridized carbons (Fsp3) is 0.488. The molecule has 54 heavy (non-hydrogen) atoms. The summed E-state index contributed by atoms with van der Waals surface area (Å²) in [6.45, 7) is 14.4. The lowest BCUT2D eigenvalue weighted by molar-refractivity contribution is -0.138. The number of allylic oxidation sites excluding steroid dienone is 1. The Balaban J connectivity index is 1.32. The first kappa shape index (κ1) is 35.6. The fourth-order valence-corrected chi connectivity index (χ4v) is 10.1. The zero-order chi connectivity index (χ0) is 38.2. The molecular formula is C43H44Cl2FN5O3. The molecule has 3 saturated heterocycles. The van der Waals surface area contributed by atoms with Crippen molar-refractivity contribution in [3.05, 3.63) is 69.7 Å². The van der Waals surface area contributed by atoms with E-state index in [1.807, 2.05) is 38.7 Å². The van der Waals surface area contributed by atoms with Gasteiger partial charge in [-0.3, -0.25) is 4.79 Å². The number of nitriles is 1. The maximum absolute atomic E-state index is 17.5. The van der Waals surface area contributed by atoms with E-state index in [4.69, 9.17) is 32.9 Å². The molecular weight excluding hydrogens is 724 g/mol. The third kappa shape index (κ3) is 5.38. The molecule has 5 heterocycles. The average Bonchev–Trinajstić information content (AvgIpc) is 3.78. The molecule has 6 atom stereocenters. The van der Waals surface area contributed by atoms with Crippen molar-refractivity contribution in [1.82, 2.24) is 19.4 Å². The summed E-state index contributed by atoms with van der Waals surface area (Å²) >= 11 is 13.2. The third-order valence-corrected chi connectivity index (χ3v) is 13.4. The molecule has 3 aliphatic heterocycles. The van der Waals surface area contributed by atoms with E-state index in [1.165, 1.54) is 0 Å². The van der Waals surface area contributed by atoms with E-state index >= 15 is 4.39 Å². The molecule has 3 aliphatic carbocycles. The number of hydrogen-bond acceptors (Lipinski definition) is 5. The second-order valence-electron chi connectivity index (χ2n) is 17.6. The molecule has 10 rings (SSSR count). The SMILES string of the molecule is C=C(C)c1nc2c(F)c(-c3cccc(Cl)c3Cl)c(CCC#N)cc2c2c1cc([C@H]1C[C@H]3C[C@H]3N1C(=O)C1(C)CC1)n2[C@H]1[C@@H]2C[C@H]1N(C(=O)OC(C)(C)C)C2. The van der Waals surface area contributed by atoms with E-state index < -0.39 is 11.4 Å². The Labute approximate surface area is 324 Å². The molecule has 0 spiro atoms. The van der Waals surface area contributed by atoms with Gasteiger partial charge in [0.25, 0.3) is 0 Å². The Morgan fingerprint density at radius 2 is 1.85 bits per heavy atom. The normalized spacial score (nSPS) is 26.1. The van der Waals surface area contributed by atoms with Gasteiger partial charge < -0.3 is 19.1 Å². The number of benzene rings is 2. The number of carbonyl (C=O) groups is 2. The van der Waals surface area contributed by atoms with Crippen LogP contribution in [0, 0.1) is 34.4 Å². The third-order valence-electron chi connectivity index (χ3n) is 12.6. The highest BCUT2D eigenvalue weighted by atomic mass is 35.5. The van der Waals surface area contributed by atoms with Gasteiger partial charge in [0, 0.05) is 57.9 Å². The Hall–Kier alpha value is -4.13. The van der Waals surface area contributed by atoms with E-state index in [0.29, 0.717) is 45.3 Å². The first-order valence-electron chi connectivity index (χ1n) is 19.1. The fourth-order valence-electron chi connectivity index (χ4n) is 9.66. The number of aryl methyl sites for hydroxylation is 1. The number of aromatic nitrogens is 2. The monoisotopic (exact) mass is 767 g/mol. The summed E-state index contributed by atoms with van der Waals surface area (Å²) in [5.74, 6) is 0.259. The first-order valence-corrected chi connectivity index (χ1v) is 19.9. The van der Waals surface area contributed by atoms with Crippen molar-refractivity contribution < 1.29 is 18.7 Å². The Morgan fingerprint density at radius 1 is 1.11 bits per heavy atom. The lowest BCUT2D eigenvalue weighted by atomic mass is 9.79. The molecule has 280 valence electrons. The molecule has 8 nitrogen and oxygen atoms in total. The molecule has 2 aromatic heterocycles. The van der Waals surface area contributed by atoms with Gasteiger partial charge in [0.2, 0.25) is 5.91 Å². The van der Waals surface area contributed by atoms with Crippen molar-refractivity contribution in [2.45, 2.75) is 109 Å². The van der Waals surface area contributed by atoms with Crippen molar-refractivity contribution in [2.24, 2.45) is 17.3 Å². The zero-order valence-electron chi connectivity index (χ0n) is 31.3. The minimum absolute atomic E-state index is 0.119. The minimum atomic E-state index is -0.644. The first-order chi connectivity index (χ1) is 25.6. The van der Waals surface area contributed by atoms with Crippen LogP contribution in [0.4, 0.5) is 9.18 Å². The van der Waals surface area contributed by atoms with E-state index in [1.54, 1.807) is 18.2 Å². The molecule has 0 radical (unpaired) electrons. The smallest absolute Gasteiger partial charge is 0.410 e. The van der Waals surface area contributed by atoms with E-state index in [9.17, 15) is 14.9 Å². The summed E-state index contributed by atoms with van der Waals surface area (Å²) in [4.78, 5) is 36.9. The summed E-state index contributed by atoms with van der Waals surface area (Å²) in [7, 11) is 0. The van der Waals surface area contributed by atoms with Crippen LogP contribution < -0.4 is 0 Å². The van der Waals surface area contributed by atoms with Crippen LogP contribution in [0.3, 0.4) is 0 Å². The molecule has 6 aliphatic rings. The lowest BCUT2D eigenvalue weighted by Crippen LogP contribution is -2.45. The number of ether oxygens (including phenoxy) is 1. The van der Waals surface area contributed by atoms with Crippen LogP contribution in [0.1, 0.15) is 102 Å². The van der Waals surface area contributed by atoms with Gasteiger partial charge in [-0.05, 0) is 101 Å². The largest absolute Gasteiger partial charge is 0.444 e. The molecule has 6 fully saturated rings. The lowest BCUT2D eigenvalue weighted by Gasteiger charge is -2.41. The van der Waals surface area contributed by atoms with Crippen LogP contribution in [0.2, 0.25) is 10.0 Å². The number of amides is 2. The number of nitrogens with zero attached hydrogens (tertiary/aromatic N) is 5. The molecule has 11 heteroatoms. The number of carbonyl (C=O) groups excluding carboxylic acids is 2. The van der Waals surface area contributed by atoms with E-state index in [-0.39, 0.29) is 76.4 Å². The van der Waals surface area contributed by atoms with Gasteiger partial charge in [0.05, 0.1) is 45.5 Å². The van der Waals surface area contributed by atoms with Crippen LogP contribution in [0.15, 0.2) is 36.9 Å². The number of piperidine rings is 1. The van der Waals surface area contributed by atoms with Gasteiger partial charge in [-0.2, -0.15) is 5.26 Å². The number of pyridine rings is 1. The summed E-state index contributed by atoms with van der Waals surface area (Å²) in [5, 5.41) is 11.7. The van der Waals surface area contributed by atoms with Crippen molar-refractivity contribution in [3.8, 4) is 17.2 Å². The summed E-state index contributed by atoms with van der Waals surface area (Å²) < 4.78 is 25.7. The van der Waals surface area contributed by atoms with Crippen LogP contribution >= 0.6 is 23.2 Å². The maximum atomic E-state index is 17.5. The van der Waals surface area contributed by atoms with Gasteiger partial charge in [-0.1, -0.05) is 48.8 Å². The van der Waals surface area contributed by atoms with Gasteiger partial charge in [0.1, 0.15) is 11.1 Å². The van der Waals surface area contributed by atoms with Crippen molar-refractivity contribution in [2.75, 3.05) is 6.54 Å². The molecule has 2 aromatic carbocycles. The Bertz CT molecular complexity index is 2370. The highest BCUT2D eigenvalue weighted by molar-refractivity contribution is 6.43. The maximum Gasteiger partial charge on any atom is 0.410 e. The predicted molar refractivity (Wildman–Crippen MR) is 209 cm³/mol. The van der Waals surface area contributed by atoms with E-state index in [0.717, 1.165) is 48.7 Å². The highest BCUT2D eigenvalue weighted by Crippen LogP contribution is 2.60. The number of rotatable bonds is 7. The van der Waals surface area contributed by atoms with Crippen LogP contribution in [0.5, 0.6) is 0 Å². The van der Waals surface area contributed by atoms with Crippen molar-refractivity contribution >= 4 is 62.6 Å². The molecule has 2 amide bonds. The number of fused-ring (bicyclic) bond motifs is 5. The molecule has 3 saturated carbocycles. The van der Waals surface area contributed by atoms with Crippen LogP contribution in [0.25, 0.3) is 38.5 Å². The van der Waals surface area contributed by atoms with Gasteiger partial charge in [-0.15, -0.1) is 0 Å². The average molecular weight is 769 g/mol. The Kier molecular flexibility index (Phi) is 8.02. The standard InChI is InChI=1S/C43H44Cl2FN5O3/c1-21(2)36-27-19-31(30-17-23-16-29(23)50(30)40(52)43(6)12-13-43)51(38-24-18-32(38)49(20-24)41(53)54-42(3,4)5)39(27)26-15-22(9-8-14-47)33(35(46)37(26)48-36)25-10-7-11-28(44)34(25)45/h7,10-11,15,19,23-24,29-30,32,38H,1,8-9,12-13,16-18,20H2,2-6H3/t23-,24-,29-,30-,32-,38+/m1/s1. The van der Waals surface area contributed by atoms with Crippen LogP contribution in [-0.2, 0) is 16.0 Å². The number of halogens is 3. The molecule has 2 bridgehead atoms. The second kappa shape index (κ2) is 12.2. The van der Waals surface area contributed by atoms with Crippen molar-refractivity contribution in [1.29, 1.82) is 5.26 Å². The second-order valence-corrected chi connectivity index (χ2v) is 18.4. The molecule has 0 N–H and O–H groups in total. The molecule has 4 aromatic rings.